The molecule has 0 aromatic carbocycles. The predicted octanol–water partition coefficient (Wildman–Crippen LogP) is 3.10. The van der Waals surface area contributed by atoms with Crippen molar-refractivity contribution in [3.63, 3.8) is 0 Å². The zero-order chi connectivity index (χ0) is 15.9. The molecule has 2 aromatic heterocycles. The summed E-state index contributed by atoms with van der Waals surface area (Å²) < 4.78 is 0. The highest BCUT2D eigenvalue weighted by Gasteiger charge is 2.20. The summed E-state index contributed by atoms with van der Waals surface area (Å²) >= 11 is 1.67. The van der Waals surface area contributed by atoms with E-state index in [-0.39, 0.29) is 30.7 Å². The van der Waals surface area contributed by atoms with Gasteiger partial charge in [0.2, 0.25) is 5.91 Å². The topological polar surface area (TPSA) is 66.9 Å². The summed E-state index contributed by atoms with van der Waals surface area (Å²) in [6.07, 6.45) is 7.99. The number of nitrogens with one attached hydrogen (secondary N) is 2. The molecule has 0 atom stereocenters. The Labute approximate surface area is 164 Å². The Bertz CT molecular complexity index is 635. The van der Waals surface area contributed by atoms with E-state index in [0.717, 1.165) is 41.6 Å². The zero-order valence-corrected chi connectivity index (χ0v) is 16.4. The van der Waals surface area contributed by atoms with Crippen LogP contribution in [0.2, 0.25) is 0 Å². The molecule has 1 aliphatic carbocycles. The van der Waals surface area contributed by atoms with E-state index in [1.807, 2.05) is 12.1 Å². The van der Waals surface area contributed by atoms with Gasteiger partial charge < -0.3 is 10.6 Å². The van der Waals surface area contributed by atoms with Crippen LogP contribution in [-0.4, -0.2) is 35.5 Å². The molecule has 138 valence electrons. The molecule has 0 aliphatic heterocycles. The van der Waals surface area contributed by atoms with Crippen molar-refractivity contribution < 1.29 is 4.79 Å². The predicted molar refractivity (Wildman–Crippen MR) is 107 cm³/mol. The van der Waals surface area contributed by atoms with E-state index < -0.39 is 0 Å². The SMILES string of the molecule is Cl.Cl.O=C(CNCC1CC1)NCCCc1nc(-c2ccncc2)cs1. The third-order valence-corrected chi connectivity index (χ3v) is 4.74. The number of aryl methyl sites for hydroxylation is 1. The fraction of sp³-hybridized carbons (Fsp3) is 0.471. The lowest BCUT2D eigenvalue weighted by Crippen LogP contribution is -2.35. The highest BCUT2D eigenvalue weighted by atomic mass is 35.5. The van der Waals surface area contributed by atoms with Crippen molar-refractivity contribution in [1.82, 2.24) is 20.6 Å². The van der Waals surface area contributed by atoms with Gasteiger partial charge in [0.05, 0.1) is 17.2 Å². The number of carbonyl (C=O) groups is 1. The minimum Gasteiger partial charge on any atom is -0.355 e. The van der Waals surface area contributed by atoms with Gasteiger partial charge in [0.1, 0.15) is 0 Å². The van der Waals surface area contributed by atoms with Gasteiger partial charge in [-0.05, 0) is 43.9 Å². The van der Waals surface area contributed by atoms with Crippen molar-refractivity contribution in [1.29, 1.82) is 0 Å². The molecule has 0 unspecified atom stereocenters. The lowest BCUT2D eigenvalue weighted by molar-refractivity contribution is -0.120. The molecule has 5 nitrogen and oxygen atoms in total. The van der Waals surface area contributed by atoms with Crippen LogP contribution >= 0.6 is 36.2 Å². The standard InChI is InChI=1S/C17H22N4OS.2ClH/c22-16(11-19-10-13-3-4-13)20-7-1-2-17-21-15(12-23-17)14-5-8-18-9-6-14;;/h5-6,8-9,12-13,19H,1-4,7,10-11H2,(H,20,22);2*1H. The van der Waals surface area contributed by atoms with E-state index in [4.69, 9.17) is 0 Å². The Hall–Kier alpha value is -1.21. The van der Waals surface area contributed by atoms with Gasteiger partial charge in [0.15, 0.2) is 0 Å². The minimum absolute atomic E-state index is 0. The summed E-state index contributed by atoms with van der Waals surface area (Å²) in [5, 5.41) is 9.34. The van der Waals surface area contributed by atoms with E-state index in [2.05, 4.69) is 26.0 Å². The van der Waals surface area contributed by atoms with Crippen LogP contribution < -0.4 is 10.6 Å². The first-order valence-corrected chi connectivity index (χ1v) is 9.01. The number of nitrogens with zero attached hydrogens (tertiary/aromatic N) is 2. The molecule has 1 fully saturated rings. The molecule has 2 heterocycles. The summed E-state index contributed by atoms with van der Waals surface area (Å²) in [6, 6.07) is 3.93. The highest BCUT2D eigenvalue weighted by molar-refractivity contribution is 7.09. The second-order valence-corrected chi connectivity index (χ2v) is 6.83. The van der Waals surface area contributed by atoms with E-state index >= 15 is 0 Å². The smallest absolute Gasteiger partial charge is 0.233 e. The van der Waals surface area contributed by atoms with Crippen molar-refractivity contribution in [3.8, 4) is 11.3 Å². The summed E-state index contributed by atoms with van der Waals surface area (Å²) in [6.45, 7) is 2.11. The molecule has 1 saturated carbocycles. The molecule has 0 bridgehead atoms. The van der Waals surface area contributed by atoms with Gasteiger partial charge in [-0.15, -0.1) is 36.2 Å². The van der Waals surface area contributed by atoms with Crippen LogP contribution in [0.4, 0.5) is 0 Å². The van der Waals surface area contributed by atoms with Gasteiger partial charge in [-0.2, -0.15) is 0 Å². The molecule has 0 spiro atoms. The number of hydrogen-bond donors (Lipinski definition) is 2. The minimum atomic E-state index is 0. The van der Waals surface area contributed by atoms with Crippen LogP contribution in [-0.2, 0) is 11.2 Å². The second-order valence-electron chi connectivity index (χ2n) is 5.89. The molecule has 25 heavy (non-hydrogen) atoms. The third-order valence-electron chi connectivity index (χ3n) is 3.83. The molecule has 2 N–H and O–H groups in total. The van der Waals surface area contributed by atoms with Crippen molar-refractivity contribution in [2.45, 2.75) is 25.7 Å². The van der Waals surface area contributed by atoms with Crippen molar-refractivity contribution >= 4 is 42.1 Å². The molecule has 0 radical (unpaired) electrons. The first kappa shape index (κ1) is 21.8. The molecule has 3 rings (SSSR count). The fourth-order valence-electron chi connectivity index (χ4n) is 2.32. The Kier molecular flexibility index (Phi) is 9.97. The maximum Gasteiger partial charge on any atom is 0.233 e. The van der Waals surface area contributed by atoms with Gasteiger partial charge in [0.25, 0.3) is 0 Å². The van der Waals surface area contributed by atoms with Crippen LogP contribution in [0.15, 0.2) is 29.9 Å². The second kappa shape index (κ2) is 11.4. The number of aromatic nitrogens is 2. The van der Waals surface area contributed by atoms with Crippen LogP contribution in [0.25, 0.3) is 11.3 Å². The Morgan fingerprint density at radius 3 is 2.72 bits per heavy atom. The fourth-order valence-corrected chi connectivity index (χ4v) is 3.17. The summed E-state index contributed by atoms with van der Waals surface area (Å²) in [7, 11) is 0. The summed E-state index contributed by atoms with van der Waals surface area (Å²) in [5.74, 6) is 0.893. The largest absolute Gasteiger partial charge is 0.355 e. The maximum absolute atomic E-state index is 11.7. The number of amides is 1. The first-order chi connectivity index (χ1) is 11.3. The highest BCUT2D eigenvalue weighted by Crippen LogP contribution is 2.27. The summed E-state index contributed by atoms with van der Waals surface area (Å²) in [4.78, 5) is 20.3. The van der Waals surface area contributed by atoms with Crippen LogP contribution in [0, 0.1) is 5.92 Å². The van der Waals surface area contributed by atoms with Gasteiger partial charge in [-0.25, -0.2) is 4.98 Å². The van der Waals surface area contributed by atoms with E-state index in [9.17, 15) is 4.79 Å². The molecule has 0 saturated heterocycles. The Morgan fingerprint density at radius 2 is 2.00 bits per heavy atom. The lowest BCUT2D eigenvalue weighted by Gasteiger charge is -2.05. The molecule has 8 heteroatoms. The van der Waals surface area contributed by atoms with Gasteiger partial charge in [-0.1, -0.05) is 0 Å². The van der Waals surface area contributed by atoms with E-state index in [1.165, 1.54) is 12.8 Å². The number of hydrogen-bond acceptors (Lipinski definition) is 5. The number of rotatable bonds is 9. The van der Waals surface area contributed by atoms with Crippen LogP contribution in [0.3, 0.4) is 0 Å². The average molecular weight is 403 g/mol. The van der Waals surface area contributed by atoms with E-state index in [0.29, 0.717) is 13.1 Å². The van der Waals surface area contributed by atoms with E-state index in [1.54, 1.807) is 23.7 Å². The van der Waals surface area contributed by atoms with Crippen LogP contribution in [0.5, 0.6) is 0 Å². The first-order valence-electron chi connectivity index (χ1n) is 8.13. The number of thiazole rings is 1. The quantitative estimate of drug-likeness (QED) is 0.632. The van der Waals surface area contributed by atoms with Gasteiger partial charge >= 0.3 is 0 Å². The normalized spacial score (nSPS) is 12.8. The number of pyridine rings is 1. The lowest BCUT2D eigenvalue weighted by atomic mass is 10.2. The maximum atomic E-state index is 11.7. The molecular formula is C17H24Cl2N4OS. The zero-order valence-electron chi connectivity index (χ0n) is 13.9. The Balaban J connectivity index is 0.00000156. The monoisotopic (exact) mass is 402 g/mol. The Morgan fingerprint density at radius 1 is 1.24 bits per heavy atom. The molecule has 2 aromatic rings. The van der Waals surface area contributed by atoms with Gasteiger partial charge in [-0.3, -0.25) is 9.78 Å². The summed E-state index contributed by atoms with van der Waals surface area (Å²) in [5.41, 5.74) is 2.10. The van der Waals surface area contributed by atoms with Gasteiger partial charge in [0, 0.05) is 36.3 Å². The van der Waals surface area contributed by atoms with Crippen molar-refractivity contribution in [2.24, 2.45) is 5.92 Å². The average Bonchev–Trinajstić information content (AvgIpc) is 3.28. The molecule has 1 amide bonds. The number of halogens is 2. The number of carbonyl (C=O) groups excluding carboxylic acids is 1. The molecular weight excluding hydrogens is 379 g/mol. The van der Waals surface area contributed by atoms with Crippen LogP contribution in [0.1, 0.15) is 24.3 Å². The van der Waals surface area contributed by atoms with Crippen molar-refractivity contribution in [2.75, 3.05) is 19.6 Å². The third kappa shape index (κ3) is 7.69. The molecule has 1 aliphatic rings. The van der Waals surface area contributed by atoms with Crippen molar-refractivity contribution in [3.05, 3.63) is 34.9 Å².